The predicted molar refractivity (Wildman–Crippen MR) is 84.2 cm³/mol. The highest BCUT2D eigenvalue weighted by atomic mass is 15.0. The minimum Gasteiger partial charge on any atom is -0.299 e. The molecule has 103 valence electrons. The van der Waals surface area contributed by atoms with E-state index in [4.69, 9.17) is 0 Å². The molecule has 0 unspecified atom stereocenters. The van der Waals surface area contributed by atoms with Crippen molar-refractivity contribution in [2.75, 3.05) is 0 Å². The van der Waals surface area contributed by atoms with Gasteiger partial charge in [-0.15, -0.1) is 0 Å². The molecule has 1 aliphatic carbocycles. The highest BCUT2D eigenvalue weighted by molar-refractivity contribution is 5.32. The molecule has 1 fully saturated rings. The van der Waals surface area contributed by atoms with Gasteiger partial charge in [-0.3, -0.25) is 5.32 Å². The van der Waals surface area contributed by atoms with E-state index >= 15 is 0 Å². The average molecular weight is 264 g/mol. The van der Waals surface area contributed by atoms with Crippen molar-refractivity contribution < 1.29 is 0 Å². The van der Waals surface area contributed by atoms with E-state index in [1.54, 1.807) is 0 Å². The molecule has 0 heterocycles. The average Bonchev–Trinajstić information content (AvgIpc) is 2.55. The second-order valence-electron chi connectivity index (χ2n) is 5.56. The number of benzene rings is 2. The van der Waals surface area contributed by atoms with Gasteiger partial charge in [0.2, 0.25) is 0 Å². The molecule has 1 N–H and O–H groups in total. The number of hydrogen-bond acceptors (Lipinski definition) is 1. The van der Waals surface area contributed by atoms with Crippen molar-refractivity contribution in [2.24, 2.45) is 0 Å². The van der Waals surface area contributed by atoms with Crippen LogP contribution in [0.25, 0.3) is 0 Å². The second-order valence-corrected chi connectivity index (χ2v) is 5.56. The summed E-state index contributed by atoms with van der Waals surface area (Å²) in [7, 11) is 0. The third-order valence-electron chi connectivity index (χ3n) is 4.07. The Labute approximate surface area is 122 Å². The molecule has 0 atom stereocenters. The molecule has 1 saturated carbocycles. The zero-order valence-corrected chi connectivity index (χ0v) is 11.9. The van der Waals surface area contributed by atoms with Crippen molar-refractivity contribution >= 4 is 0 Å². The molecule has 0 aromatic heterocycles. The van der Waals surface area contributed by atoms with Crippen molar-refractivity contribution in [1.82, 2.24) is 5.32 Å². The van der Waals surface area contributed by atoms with E-state index in [2.05, 4.69) is 66.0 Å². The minimum atomic E-state index is 0.283. The maximum Gasteiger partial charge on any atom is 0.0581 e. The van der Waals surface area contributed by atoms with Crippen LogP contribution in [0.4, 0.5) is 0 Å². The molecule has 1 aliphatic rings. The van der Waals surface area contributed by atoms with E-state index in [-0.39, 0.29) is 6.04 Å². The summed E-state index contributed by atoms with van der Waals surface area (Å²) in [5.74, 6) is 0. The Kier molecular flexibility index (Phi) is 4.49. The van der Waals surface area contributed by atoms with Crippen LogP contribution in [0.15, 0.2) is 60.7 Å². The van der Waals surface area contributed by atoms with Gasteiger partial charge >= 0.3 is 0 Å². The van der Waals surface area contributed by atoms with Crippen LogP contribution in [0.1, 0.15) is 49.3 Å². The molecule has 0 spiro atoms. The van der Waals surface area contributed by atoms with Gasteiger partial charge in [0.1, 0.15) is 0 Å². The van der Waals surface area contributed by atoms with Crippen LogP contribution >= 0.6 is 0 Å². The van der Waals surface area contributed by atoms with Gasteiger partial charge in [0.05, 0.1) is 6.04 Å². The van der Waals surface area contributed by atoms with Crippen LogP contribution in [0.5, 0.6) is 0 Å². The molecule has 2 aromatic rings. The number of nitrogens with one attached hydrogen (secondary N) is 1. The summed E-state index contributed by atoms with van der Waals surface area (Å²) < 4.78 is 0. The van der Waals surface area contributed by atoms with Crippen molar-refractivity contribution in [3.8, 4) is 0 Å². The van der Waals surface area contributed by atoms with Crippen LogP contribution in [0.2, 0.25) is 0 Å². The Hall–Kier alpha value is -1.60. The molecule has 1 heteroatoms. The van der Waals surface area contributed by atoms with E-state index in [1.807, 2.05) is 0 Å². The fraction of sp³-hybridized carbons (Fsp3) is 0.316. The third kappa shape index (κ3) is 3.29. The molecule has 3 rings (SSSR count). The van der Waals surface area contributed by atoms with Gasteiger partial charge in [-0.2, -0.15) is 0 Å². The highest BCUT2D eigenvalue weighted by Crippen LogP contribution is 2.29. The fourth-order valence-corrected chi connectivity index (χ4v) is 2.98. The summed E-state index contributed by atoms with van der Waals surface area (Å²) in [4.78, 5) is 0. The lowest BCUT2D eigenvalue weighted by molar-refractivity contribution is 0.451. The molecule has 0 amide bonds. The summed E-state index contributed by atoms with van der Waals surface area (Å²) >= 11 is 0. The first-order valence-corrected chi connectivity index (χ1v) is 7.64. The largest absolute Gasteiger partial charge is 0.299 e. The normalized spacial score (nSPS) is 16.4. The molecule has 20 heavy (non-hydrogen) atoms. The zero-order chi connectivity index (χ0) is 13.6. The smallest absolute Gasteiger partial charge is 0.0581 e. The Morgan fingerprint density at radius 2 is 1.15 bits per heavy atom. The summed E-state index contributed by atoms with van der Waals surface area (Å²) in [6, 6.07) is 23.3. The highest BCUT2D eigenvalue weighted by Gasteiger charge is 2.20. The van der Waals surface area contributed by atoms with Crippen molar-refractivity contribution in [3.05, 3.63) is 77.8 Å². The Morgan fingerprint density at radius 3 is 1.65 bits per heavy atom. The zero-order valence-electron chi connectivity index (χ0n) is 11.9. The quantitative estimate of drug-likeness (QED) is 0.831. The van der Waals surface area contributed by atoms with Crippen LogP contribution in [-0.2, 0) is 0 Å². The van der Waals surface area contributed by atoms with Gasteiger partial charge in [-0.25, -0.2) is 0 Å². The van der Waals surface area contributed by atoms with Gasteiger partial charge in [0.25, 0.3) is 0 Å². The molecule has 1 nitrogen and oxygen atoms in total. The van der Waals surface area contributed by atoms with Crippen LogP contribution in [0.3, 0.4) is 0 Å². The van der Waals surface area contributed by atoms with Gasteiger partial charge in [-0.05, 0) is 24.0 Å². The molecule has 2 aromatic carbocycles. The lowest BCUT2D eigenvalue weighted by Gasteiger charge is -2.28. The first-order chi connectivity index (χ1) is 9.93. The predicted octanol–water partition coefficient (Wildman–Crippen LogP) is 4.86. The second kappa shape index (κ2) is 6.71. The lowest BCUT2D eigenvalue weighted by atomic mass is 9.92. The molecule has 0 aliphatic heterocycles. The fourth-order valence-electron chi connectivity index (χ4n) is 2.98. The van der Waals surface area contributed by atoms with Crippen LogP contribution in [0, 0.1) is 6.04 Å². The standard InChI is InChI=1S/C19H22N/c1-4-10-16(11-5-1)19(17-12-6-2-7-13-17)20-18-14-8-3-9-15-18/h1-2,4-7,10-13,19-20H,3,8-9,14-15H2. The molecule has 1 radical (unpaired) electrons. The van der Waals surface area contributed by atoms with Gasteiger partial charge in [0, 0.05) is 6.04 Å². The number of rotatable bonds is 4. The van der Waals surface area contributed by atoms with E-state index < -0.39 is 0 Å². The summed E-state index contributed by atoms with van der Waals surface area (Å²) in [6.07, 6.45) is 6.51. The van der Waals surface area contributed by atoms with E-state index in [1.165, 1.54) is 49.3 Å². The third-order valence-corrected chi connectivity index (χ3v) is 4.07. The Balaban J connectivity index is 1.83. The Bertz CT molecular complexity index is 460. The van der Waals surface area contributed by atoms with E-state index in [0.717, 1.165) is 0 Å². The lowest BCUT2D eigenvalue weighted by Crippen LogP contribution is -2.28. The monoisotopic (exact) mass is 264 g/mol. The summed E-state index contributed by atoms with van der Waals surface area (Å²) in [6.45, 7) is 0. The topological polar surface area (TPSA) is 12.0 Å². The summed E-state index contributed by atoms with van der Waals surface area (Å²) in [5, 5.41) is 3.81. The molecular weight excluding hydrogens is 242 g/mol. The van der Waals surface area contributed by atoms with Gasteiger partial charge < -0.3 is 0 Å². The van der Waals surface area contributed by atoms with Crippen molar-refractivity contribution in [1.29, 1.82) is 0 Å². The molecule has 0 bridgehead atoms. The minimum absolute atomic E-state index is 0.283. The maximum atomic E-state index is 3.81. The number of hydrogen-bond donors (Lipinski definition) is 1. The van der Waals surface area contributed by atoms with E-state index in [9.17, 15) is 0 Å². The Morgan fingerprint density at radius 1 is 0.650 bits per heavy atom. The van der Waals surface area contributed by atoms with Crippen LogP contribution in [-0.4, -0.2) is 0 Å². The van der Waals surface area contributed by atoms with Gasteiger partial charge in [-0.1, -0.05) is 79.9 Å². The first-order valence-electron chi connectivity index (χ1n) is 7.64. The van der Waals surface area contributed by atoms with E-state index in [0.29, 0.717) is 0 Å². The first kappa shape index (κ1) is 13.4. The van der Waals surface area contributed by atoms with Crippen molar-refractivity contribution in [2.45, 2.75) is 38.1 Å². The van der Waals surface area contributed by atoms with Crippen LogP contribution < -0.4 is 5.32 Å². The SMILES string of the molecule is c1ccc(C(N[C]2CCCCC2)c2ccccc2)cc1. The van der Waals surface area contributed by atoms with Crippen molar-refractivity contribution in [3.63, 3.8) is 0 Å². The summed E-state index contributed by atoms with van der Waals surface area (Å²) in [5.41, 5.74) is 2.69. The maximum absolute atomic E-state index is 3.81. The molecule has 0 saturated heterocycles. The molecular formula is C19H22N. The van der Waals surface area contributed by atoms with Gasteiger partial charge in [0.15, 0.2) is 0 Å².